The predicted molar refractivity (Wildman–Crippen MR) is 115 cm³/mol. The maximum atomic E-state index is 13.6. The third-order valence-electron chi connectivity index (χ3n) is 5.84. The number of hydrogen-bond donors (Lipinski definition) is 4. The van der Waals surface area contributed by atoms with Gasteiger partial charge in [-0.3, -0.25) is 4.79 Å². The van der Waals surface area contributed by atoms with Crippen molar-refractivity contribution in [3.05, 3.63) is 70.3 Å². The first-order chi connectivity index (χ1) is 14.9. The number of carbonyl (C=O) groups is 1. The number of hydrogen-bond acceptors (Lipinski definition) is 4. The smallest absolute Gasteiger partial charge is 0.246 e. The monoisotopic (exact) mass is 432 g/mol. The summed E-state index contributed by atoms with van der Waals surface area (Å²) in [7, 11) is 0. The molecular formula is C24H30F2N2O3. The lowest BCUT2D eigenvalue weighted by molar-refractivity contribution is -0.125. The fourth-order valence-electron chi connectivity index (χ4n) is 4.20. The van der Waals surface area contributed by atoms with E-state index in [2.05, 4.69) is 35.8 Å². The van der Waals surface area contributed by atoms with Crippen molar-refractivity contribution in [1.82, 2.24) is 10.6 Å². The highest BCUT2D eigenvalue weighted by Crippen LogP contribution is 2.30. The van der Waals surface area contributed by atoms with Crippen LogP contribution < -0.4 is 10.6 Å². The quantitative estimate of drug-likeness (QED) is 0.491. The number of aryl methyl sites for hydroxylation is 2. The molecule has 1 amide bonds. The Morgan fingerprint density at radius 3 is 2.58 bits per heavy atom. The minimum absolute atomic E-state index is 0.0322. The molecule has 0 saturated carbocycles. The lowest BCUT2D eigenvalue weighted by Crippen LogP contribution is -2.50. The molecule has 1 aliphatic carbocycles. The van der Waals surface area contributed by atoms with Gasteiger partial charge in [-0.05, 0) is 66.5 Å². The van der Waals surface area contributed by atoms with Gasteiger partial charge in [-0.2, -0.15) is 0 Å². The van der Waals surface area contributed by atoms with Gasteiger partial charge >= 0.3 is 0 Å². The van der Waals surface area contributed by atoms with Crippen LogP contribution >= 0.6 is 0 Å². The van der Waals surface area contributed by atoms with Gasteiger partial charge in [-0.25, -0.2) is 8.78 Å². The highest BCUT2D eigenvalue weighted by atomic mass is 19.1. The van der Waals surface area contributed by atoms with Gasteiger partial charge in [0.05, 0.1) is 12.1 Å². The molecule has 0 spiro atoms. The van der Waals surface area contributed by atoms with E-state index in [1.807, 2.05) is 0 Å². The Kier molecular flexibility index (Phi) is 8.12. The number of carbonyl (C=O) groups excluding carboxylic acids is 1. The Balaban J connectivity index is 1.70. The lowest BCUT2D eigenvalue weighted by atomic mass is 9.86. The number of aliphatic hydroxyl groups excluding tert-OH is 2. The summed E-state index contributed by atoms with van der Waals surface area (Å²) in [5.74, 6) is -2.10. The number of benzene rings is 2. The molecule has 168 valence electrons. The van der Waals surface area contributed by atoms with Crippen molar-refractivity contribution in [3.8, 4) is 0 Å². The van der Waals surface area contributed by atoms with Crippen molar-refractivity contribution >= 4 is 5.91 Å². The Hall–Kier alpha value is -2.35. The largest absolute Gasteiger partial charge is 0.390 e. The highest BCUT2D eigenvalue weighted by Gasteiger charge is 2.25. The molecule has 3 rings (SSSR count). The van der Waals surface area contributed by atoms with E-state index in [0.717, 1.165) is 31.7 Å². The number of fused-ring (bicyclic) bond motifs is 1. The molecule has 5 nitrogen and oxygen atoms in total. The van der Waals surface area contributed by atoms with Gasteiger partial charge in [0.15, 0.2) is 0 Å². The van der Waals surface area contributed by atoms with Crippen LogP contribution in [0.4, 0.5) is 8.78 Å². The van der Waals surface area contributed by atoms with Crippen LogP contribution in [0.3, 0.4) is 0 Å². The highest BCUT2D eigenvalue weighted by molar-refractivity contribution is 5.77. The first-order valence-electron chi connectivity index (χ1n) is 10.8. The maximum Gasteiger partial charge on any atom is 0.246 e. The second kappa shape index (κ2) is 10.8. The van der Waals surface area contributed by atoms with E-state index >= 15 is 0 Å². The molecule has 2 aromatic carbocycles. The molecule has 0 saturated heterocycles. The average Bonchev–Trinajstić information content (AvgIpc) is 2.75. The molecule has 4 N–H and O–H groups in total. The van der Waals surface area contributed by atoms with Gasteiger partial charge in [-0.15, -0.1) is 0 Å². The number of halogens is 2. The van der Waals surface area contributed by atoms with Crippen LogP contribution in [0, 0.1) is 11.6 Å². The van der Waals surface area contributed by atoms with Crippen molar-refractivity contribution in [1.29, 1.82) is 0 Å². The fourth-order valence-corrected chi connectivity index (χ4v) is 4.20. The molecule has 2 aromatic rings. The van der Waals surface area contributed by atoms with Gasteiger partial charge in [-0.1, -0.05) is 25.1 Å². The molecule has 3 atom stereocenters. The van der Waals surface area contributed by atoms with Crippen LogP contribution in [0.15, 0.2) is 36.4 Å². The molecule has 0 aromatic heterocycles. The molecule has 1 aliphatic rings. The molecule has 0 heterocycles. The van der Waals surface area contributed by atoms with Gasteiger partial charge in [0.2, 0.25) is 5.91 Å². The van der Waals surface area contributed by atoms with Gasteiger partial charge in [0.1, 0.15) is 18.2 Å². The zero-order chi connectivity index (χ0) is 22.4. The predicted octanol–water partition coefficient (Wildman–Crippen LogP) is 2.57. The first kappa shape index (κ1) is 23.3. The third-order valence-corrected chi connectivity index (χ3v) is 5.84. The first-order valence-corrected chi connectivity index (χ1v) is 10.8. The zero-order valence-electron chi connectivity index (χ0n) is 17.7. The minimum Gasteiger partial charge on any atom is -0.390 e. The summed E-state index contributed by atoms with van der Waals surface area (Å²) in [6, 6.07) is 8.92. The van der Waals surface area contributed by atoms with Crippen LogP contribution in [-0.2, 0) is 24.1 Å². The normalized spacial score (nSPS) is 17.6. The molecule has 0 fully saturated rings. The van der Waals surface area contributed by atoms with Crippen LogP contribution in [0.5, 0.6) is 0 Å². The molecule has 0 aliphatic heterocycles. The Bertz CT molecular complexity index is 886. The Morgan fingerprint density at radius 2 is 1.90 bits per heavy atom. The maximum absolute atomic E-state index is 13.6. The van der Waals surface area contributed by atoms with Crippen molar-refractivity contribution < 1.29 is 23.8 Å². The topological polar surface area (TPSA) is 81.6 Å². The average molecular weight is 433 g/mol. The summed E-state index contributed by atoms with van der Waals surface area (Å²) in [5, 5.41) is 25.8. The Morgan fingerprint density at radius 1 is 1.16 bits per heavy atom. The number of aliphatic hydroxyl groups is 2. The standard InChI is InChI=1S/C24H30F2N2O3/c1-2-15-6-7-17-4-3-5-21(20(17)10-15)27-13-23(30)22(28-24(31)14-29)11-16-8-18(25)12-19(26)9-16/h6-10,12,21-23,27,29-30H,2-5,11,13-14H2,1H3,(H,28,31)/t21?,22-,23+/m0/s1. The molecule has 0 radical (unpaired) electrons. The summed E-state index contributed by atoms with van der Waals surface area (Å²) >= 11 is 0. The Labute approximate surface area is 181 Å². The van der Waals surface area contributed by atoms with Gasteiger partial charge in [0, 0.05) is 18.7 Å². The molecule has 1 unspecified atom stereocenters. The lowest BCUT2D eigenvalue weighted by Gasteiger charge is -2.30. The number of rotatable bonds is 9. The van der Waals surface area contributed by atoms with E-state index in [-0.39, 0.29) is 19.0 Å². The molecule has 7 heteroatoms. The number of amides is 1. The summed E-state index contributed by atoms with van der Waals surface area (Å²) in [6.45, 7) is 1.57. The summed E-state index contributed by atoms with van der Waals surface area (Å²) in [5.41, 5.74) is 4.11. The summed E-state index contributed by atoms with van der Waals surface area (Å²) in [4.78, 5) is 11.8. The second-order valence-electron chi connectivity index (χ2n) is 8.12. The van der Waals surface area contributed by atoms with Crippen molar-refractivity contribution in [2.24, 2.45) is 0 Å². The summed E-state index contributed by atoms with van der Waals surface area (Å²) in [6.07, 6.45) is 2.98. The van der Waals surface area contributed by atoms with Crippen LogP contribution in [0.2, 0.25) is 0 Å². The zero-order valence-corrected chi connectivity index (χ0v) is 17.7. The third kappa shape index (κ3) is 6.32. The fraction of sp³-hybridized carbons (Fsp3) is 0.458. The second-order valence-corrected chi connectivity index (χ2v) is 8.12. The van der Waals surface area contributed by atoms with Gasteiger partial charge < -0.3 is 20.8 Å². The minimum atomic E-state index is -1.01. The van der Waals surface area contributed by atoms with E-state index in [9.17, 15) is 18.7 Å². The van der Waals surface area contributed by atoms with Crippen LogP contribution in [0.25, 0.3) is 0 Å². The van der Waals surface area contributed by atoms with Gasteiger partial charge in [0.25, 0.3) is 0 Å². The van der Waals surface area contributed by atoms with Crippen molar-refractivity contribution in [3.63, 3.8) is 0 Å². The molecule has 0 bridgehead atoms. The molecular weight excluding hydrogens is 402 g/mol. The van der Waals surface area contributed by atoms with E-state index in [4.69, 9.17) is 5.11 Å². The van der Waals surface area contributed by atoms with Crippen molar-refractivity contribution in [2.75, 3.05) is 13.2 Å². The summed E-state index contributed by atoms with van der Waals surface area (Å²) < 4.78 is 27.1. The van der Waals surface area contributed by atoms with Crippen LogP contribution in [0.1, 0.15) is 48.1 Å². The van der Waals surface area contributed by atoms with E-state index in [0.29, 0.717) is 5.56 Å². The number of nitrogens with one attached hydrogen (secondary N) is 2. The van der Waals surface area contributed by atoms with E-state index in [1.165, 1.54) is 28.8 Å². The molecule has 31 heavy (non-hydrogen) atoms. The van der Waals surface area contributed by atoms with Crippen LogP contribution in [-0.4, -0.2) is 41.4 Å². The van der Waals surface area contributed by atoms with Crippen molar-refractivity contribution in [2.45, 2.75) is 57.2 Å². The van der Waals surface area contributed by atoms with E-state index in [1.54, 1.807) is 0 Å². The SMILES string of the molecule is CCc1ccc2c(c1)C(NC[C@@H](O)[C@H](Cc1cc(F)cc(F)c1)NC(=O)CO)CCC2. The van der Waals surface area contributed by atoms with E-state index < -0.39 is 36.3 Å².